The molecule has 1 saturated heterocycles. The van der Waals surface area contributed by atoms with Gasteiger partial charge in [-0.2, -0.15) is 18.3 Å². The van der Waals surface area contributed by atoms with E-state index in [0.717, 1.165) is 17.3 Å². The molecule has 1 aromatic carbocycles. The second kappa shape index (κ2) is 8.24. The Morgan fingerprint density at radius 2 is 1.84 bits per heavy atom. The van der Waals surface area contributed by atoms with Gasteiger partial charge in [-0.05, 0) is 36.8 Å². The minimum absolute atomic E-state index is 0.186. The van der Waals surface area contributed by atoms with Crippen LogP contribution in [0.4, 0.5) is 18.0 Å². The summed E-state index contributed by atoms with van der Waals surface area (Å²) in [6.45, 7) is 1.59. The molecule has 31 heavy (non-hydrogen) atoms. The minimum Gasteiger partial charge on any atom is -0.341 e. The summed E-state index contributed by atoms with van der Waals surface area (Å²) in [6.07, 6.45) is -2.93. The first kappa shape index (κ1) is 21.2. The summed E-state index contributed by atoms with van der Waals surface area (Å²) in [7, 11) is 1.57. The van der Waals surface area contributed by atoms with Gasteiger partial charge in [0.2, 0.25) is 0 Å². The van der Waals surface area contributed by atoms with Crippen LogP contribution in [0.15, 0.2) is 24.3 Å². The third kappa shape index (κ3) is 4.11. The van der Waals surface area contributed by atoms with Gasteiger partial charge in [0, 0.05) is 32.2 Å². The first-order chi connectivity index (χ1) is 14.8. The van der Waals surface area contributed by atoms with Crippen LogP contribution in [0.2, 0.25) is 0 Å². The number of urea groups is 1. The topological polar surface area (TPSA) is 81.3 Å². The number of nitrogens with one attached hydrogen (secondary N) is 2. The number of amides is 3. The van der Waals surface area contributed by atoms with Crippen LogP contribution in [0.1, 0.15) is 51.6 Å². The molecule has 7 nitrogen and oxygen atoms in total. The number of benzene rings is 1. The zero-order valence-corrected chi connectivity index (χ0v) is 17.1. The summed E-state index contributed by atoms with van der Waals surface area (Å²) in [5.41, 5.74) is 1.61. The molecule has 3 amide bonds. The SMILES string of the molecule is CNC(=O)N1CCc2c(C(=O)N3CCC(c4ccccc4C(F)(F)F)CC3)n[nH]c2C1. The molecule has 4 rings (SSSR count). The fourth-order valence-electron chi connectivity index (χ4n) is 4.48. The molecule has 3 heterocycles. The van der Waals surface area contributed by atoms with Crippen LogP contribution in [0.25, 0.3) is 0 Å². The molecule has 0 spiro atoms. The van der Waals surface area contributed by atoms with Gasteiger partial charge >= 0.3 is 12.2 Å². The Kier molecular flexibility index (Phi) is 5.63. The van der Waals surface area contributed by atoms with E-state index in [-0.39, 0.29) is 17.9 Å². The van der Waals surface area contributed by atoms with Crippen molar-refractivity contribution in [2.45, 2.75) is 37.9 Å². The zero-order valence-electron chi connectivity index (χ0n) is 17.1. The fourth-order valence-corrected chi connectivity index (χ4v) is 4.48. The van der Waals surface area contributed by atoms with Gasteiger partial charge in [-0.25, -0.2) is 4.79 Å². The maximum Gasteiger partial charge on any atom is 0.416 e. The lowest BCUT2D eigenvalue weighted by molar-refractivity contribution is -0.138. The highest BCUT2D eigenvalue weighted by atomic mass is 19.4. The van der Waals surface area contributed by atoms with Crippen molar-refractivity contribution in [1.82, 2.24) is 25.3 Å². The molecule has 0 bridgehead atoms. The predicted octanol–water partition coefficient (Wildman–Crippen LogP) is 3.15. The second-order valence-electron chi connectivity index (χ2n) is 7.91. The standard InChI is InChI=1S/C21H24F3N5O2/c1-25-20(31)29-11-8-15-17(12-29)26-27-18(15)19(30)28-9-6-13(7-10-28)14-4-2-3-5-16(14)21(22,23)24/h2-5,13H,6-12H2,1H3,(H,25,31)(H,26,27). The fraction of sp³-hybridized carbons (Fsp3) is 0.476. The van der Waals surface area contributed by atoms with E-state index in [2.05, 4.69) is 15.5 Å². The van der Waals surface area contributed by atoms with Gasteiger partial charge in [0.05, 0.1) is 17.8 Å². The molecular weight excluding hydrogens is 411 g/mol. The molecule has 1 aromatic heterocycles. The lowest BCUT2D eigenvalue weighted by Gasteiger charge is -2.33. The number of halogens is 3. The van der Waals surface area contributed by atoms with E-state index in [1.165, 1.54) is 12.1 Å². The number of carbonyl (C=O) groups excluding carboxylic acids is 2. The van der Waals surface area contributed by atoms with Crippen molar-refractivity contribution < 1.29 is 22.8 Å². The summed E-state index contributed by atoms with van der Waals surface area (Å²) in [5.74, 6) is -0.454. The van der Waals surface area contributed by atoms with Gasteiger partial charge in [-0.15, -0.1) is 0 Å². The van der Waals surface area contributed by atoms with Crippen molar-refractivity contribution in [3.8, 4) is 0 Å². The second-order valence-corrected chi connectivity index (χ2v) is 7.91. The van der Waals surface area contributed by atoms with E-state index in [0.29, 0.717) is 56.7 Å². The number of nitrogens with zero attached hydrogens (tertiary/aromatic N) is 3. The predicted molar refractivity (Wildman–Crippen MR) is 106 cm³/mol. The first-order valence-corrected chi connectivity index (χ1v) is 10.3. The van der Waals surface area contributed by atoms with Crippen LogP contribution in [-0.4, -0.2) is 58.6 Å². The molecule has 0 saturated carbocycles. The smallest absolute Gasteiger partial charge is 0.341 e. The van der Waals surface area contributed by atoms with Crippen molar-refractivity contribution in [2.75, 3.05) is 26.7 Å². The van der Waals surface area contributed by atoms with E-state index < -0.39 is 11.7 Å². The van der Waals surface area contributed by atoms with Crippen LogP contribution in [0.3, 0.4) is 0 Å². The highest BCUT2D eigenvalue weighted by Crippen LogP contribution is 2.38. The number of H-pyrrole nitrogens is 1. The molecule has 0 aliphatic carbocycles. The molecule has 10 heteroatoms. The van der Waals surface area contributed by atoms with Crippen molar-refractivity contribution >= 4 is 11.9 Å². The Labute approximate surface area is 177 Å². The normalized spacial score (nSPS) is 17.4. The van der Waals surface area contributed by atoms with E-state index in [1.54, 1.807) is 22.9 Å². The molecule has 0 radical (unpaired) electrons. The number of hydrogen-bond donors (Lipinski definition) is 2. The number of aromatic nitrogens is 2. The van der Waals surface area contributed by atoms with Gasteiger partial charge in [0.1, 0.15) is 0 Å². The summed E-state index contributed by atoms with van der Waals surface area (Å²) < 4.78 is 40.0. The van der Waals surface area contributed by atoms with Crippen LogP contribution in [0, 0.1) is 0 Å². The third-order valence-corrected chi connectivity index (χ3v) is 6.13. The van der Waals surface area contributed by atoms with Gasteiger partial charge in [0.25, 0.3) is 5.91 Å². The Bertz CT molecular complexity index is 980. The van der Waals surface area contributed by atoms with Gasteiger partial charge in [-0.3, -0.25) is 9.89 Å². The number of piperidine rings is 1. The number of carbonyl (C=O) groups is 2. The van der Waals surface area contributed by atoms with Gasteiger partial charge in [0.15, 0.2) is 5.69 Å². The van der Waals surface area contributed by atoms with Crippen LogP contribution < -0.4 is 5.32 Å². The molecule has 2 aliphatic rings. The molecule has 0 atom stereocenters. The molecule has 2 N–H and O–H groups in total. The van der Waals surface area contributed by atoms with Crippen LogP contribution >= 0.6 is 0 Å². The number of rotatable bonds is 2. The van der Waals surface area contributed by atoms with Crippen molar-refractivity contribution in [2.24, 2.45) is 0 Å². The maximum atomic E-state index is 13.3. The molecule has 1 fully saturated rings. The summed E-state index contributed by atoms with van der Waals surface area (Å²) in [4.78, 5) is 28.2. The quantitative estimate of drug-likeness (QED) is 0.761. The number of alkyl halides is 3. The zero-order chi connectivity index (χ0) is 22.2. The average molecular weight is 435 g/mol. The van der Waals surface area contributed by atoms with Crippen LogP contribution in [-0.2, 0) is 19.1 Å². The highest BCUT2D eigenvalue weighted by molar-refractivity contribution is 5.94. The molecular formula is C21H24F3N5O2. The molecule has 2 aliphatic heterocycles. The Morgan fingerprint density at radius 3 is 2.52 bits per heavy atom. The summed E-state index contributed by atoms with van der Waals surface area (Å²) >= 11 is 0. The number of likely N-dealkylation sites (tertiary alicyclic amines) is 1. The van der Waals surface area contributed by atoms with Crippen molar-refractivity contribution in [3.63, 3.8) is 0 Å². The largest absolute Gasteiger partial charge is 0.416 e. The van der Waals surface area contributed by atoms with E-state index in [9.17, 15) is 22.8 Å². The van der Waals surface area contributed by atoms with E-state index in [4.69, 9.17) is 0 Å². The minimum atomic E-state index is -4.39. The number of hydrogen-bond acceptors (Lipinski definition) is 3. The van der Waals surface area contributed by atoms with E-state index in [1.807, 2.05) is 0 Å². The highest BCUT2D eigenvalue weighted by Gasteiger charge is 2.37. The summed E-state index contributed by atoms with van der Waals surface area (Å²) in [6, 6.07) is 5.49. The monoisotopic (exact) mass is 435 g/mol. The van der Waals surface area contributed by atoms with Gasteiger partial charge in [-0.1, -0.05) is 18.2 Å². The molecule has 0 unspecified atom stereocenters. The lowest BCUT2D eigenvalue weighted by atomic mass is 9.86. The number of fused-ring (bicyclic) bond motifs is 1. The lowest BCUT2D eigenvalue weighted by Crippen LogP contribution is -2.42. The average Bonchev–Trinajstić information content (AvgIpc) is 3.21. The molecule has 166 valence electrons. The Morgan fingerprint density at radius 1 is 1.13 bits per heavy atom. The first-order valence-electron chi connectivity index (χ1n) is 10.3. The Hall–Kier alpha value is -3.04. The van der Waals surface area contributed by atoms with Gasteiger partial charge < -0.3 is 15.1 Å². The van der Waals surface area contributed by atoms with Crippen molar-refractivity contribution in [1.29, 1.82) is 0 Å². The summed E-state index contributed by atoms with van der Waals surface area (Å²) in [5, 5.41) is 9.65. The third-order valence-electron chi connectivity index (χ3n) is 6.13. The van der Waals surface area contributed by atoms with Crippen LogP contribution in [0.5, 0.6) is 0 Å². The maximum absolute atomic E-state index is 13.3. The number of aromatic amines is 1. The van der Waals surface area contributed by atoms with Crippen molar-refractivity contribution in [3.05, 3.63) is 52.3 Å². The Balaban J connectivity index is 1.44. The molecule has 2 aromatic rings. The van der Waals surface area contributed by atoms with E-state index >= 15 is 0 Å².